The van der Waals surface area contributed by atoms with Crippen molar-refractivity contribution >= 4 is 15.7 Å². The number of hydrogen-bond donors (Lipinski definition) is 0. The molecule has 2 aromatic carbocycles. The number of methoxy groups -OCH3 is 3. The fraction of sp³-hybridized carbons (Fsp3) is 0.381. The SMILES string of the molecule is COc1cc(C(=O)N(Cc2ccccc2)[C@H]2CCS(=O)(=O)C2)cc(OC)c1OC. The maximum absolute atomic E-state index is 13.5. The Hall–Kier alpha value is -2.74. The van der Waals surface area contributed by atoms with Gasteiger partial charge < -0.3 is 19.1 Å². The second kappa shape index (κ2) is 8.73. The zero-order chi connectivity index (χ0) is 21.0. The van der Waals surface area contributed by atoms with E-state index < -0.39 is 9.84 Å². The minimum Gasteiger partial charge on any atom is -0.493 e. The Labute approximate surface area is 171 Å². The fourth-order valence-corrected chi connectivity index (χ4v) is 5.27. The first-order chi connectivity index (χ1) is 13.9. The lowest BCUT2D eigenvalue weighted by Crippen LogP contribution is -2.40. The van der Waals surface area contributed by atoms with Crippen LogP contribution in [0.15, 0.2) is 42.5 Å². The van der Waals surface area contributed by atoms with E-state index in [1.807, 2.05) is 30.3 Å². The smallest absolute Gasteiger partial charge is 0.254 e. The molecular weight excluding hydrogens is 394 g/mol. The summed E-state index contributed by atoms with van der Waals surface area (Å²) in [6.07, 6.45) is 0.422. The van der Waals surface area contributed by atoms with E-state index >= 15 is 0 Å². The number of ether oxygens (including phenoxy) is 3. The number of sulfone groups is 1. The predicted octanol–water partition coefficient (Wildman–Crippen LogP) is 2.54. The molecule has 7 nitrogen and oxygen atoms in total. The van der Waals surface area contributed by atoms with Gasteiger partial charge in [0.2, 0.25) is 5.75 Å². The van der Waals surface area contributed by atoms with Crippen LogP contribution in [0.1, 0.15) is 22.3 Å². The highest BCUT2D eigenvalue weighted by atomic mass is 32.2. The van der Waals surface area contributed by atoms with E-state index in [4.69, 9.17) is 14.2 Å². The Bertz CT molecular complexity index is 949. The van der Waals surface area contributed by atoms with Gasteiger partial charge in [-0.3, -0.25) is 4.79 Å². The monoisotopic (exact) mass is 419 g/mol. The van der Waals surface area contributed by atoms with Crippen LogP contribution >= 0.6 is 0 Å². The van der Waals surface area contributed by atoms with Crippen molar-refractivity contribution < 1.29 is 27.4 Å². The van der Waals surface area contributed by atoms with Gasteiger partial charge >= 0.3 is 0 Å². The maximum Gasteiger partial charge on any atom is 0.254 e. The number of carbonyl (C=O) groups is 1. The molecule has 1 aliphatic rings. The van der Waals surface area contributed by atoms with Crippen molar-refractivity contribution in [3.63, 3.8) is 0 Å². The predicted molar refractivity (Wildman–Crippen MR) is 109 cm³/mol. The first kappa shape index (κ1) is 21.0. The van der Waals surface area contributed by atoms with Crippen LogP contribution in [0.25, 0.3) is 0 Å². The van der Waals surface area contributed by atoms with E-state index in [1.165, 1.54) is 21.3 Å². The van der Waals surface area contributed by atoms with Crippen molar-refractivity contribution in [2.45, 2.75) is 19.0 Å². The summed E-state index contributed by atoms with van der Waals surface area (Å²) in [6, 6.07) is 12.3. The van der Waals surface area contributed by atoms with E-state index in [9.17, 15) is 13.2 Å². The molecule has 0 N–H and O–H groups in total. The molecule has 1 amide bonds. The number of rotatable bonds is 7. The molecule has 0 bridgehead atoms. The van der Waals surface area contributed by atoms with Crippen LogP contribution < -0.4 is 14.2 Å². The highest BCUT2D eigenvalue weighted by Gasteiger charge is 2.35. The minimum atomic E-state index is -3.15. The van der Waals surface area contributed by atoms with Crippen molar-refractivity contribution in [2.24, 2.45) is 0 Å². The first-order valence-electron chi connectivity index (χ1n) is 9.24. The van der Waals surface area contributed by atoms with Gasteiger partial charge in [-0.2, -0.15) is 0 Å². The van der Waals surface area contributed by atoms with Crippen molar-refractivity contribution in [3.05, 3.63) is 53.6 Å². The van der Waals surface area contributed by atoms with Crippen LogP contribution in [0, 0.1) is 0 Å². The van der Waals surface area contributed by atoms with Gasteiger partial charge in [0.25, 0.3) is 5.91 Å². The van der Waals surface area contributed by atoms with E-state index in [1.54, 1.807) is 17.0 Å². The summed E-state index contributed by atoms with van der Waals surface area (Å²) in [5.41, 5.74) is 1.28. The Kier molecular flexibility index (Phi) is 6.32. The van der Waals surface area contributed by atoms with Crippen molar-refractivity contribution in [1.82, 2.24) is 4.90 Å². The standard InChI is InChI=1S/C21H25NO6S/c1-26-18-11-16(12-19(27-2)20(18)28-3)21(23)22(13-15-7-5-4-6-8-15)17-9-10-29(24,25)14-17/h4-8,11-12,17H,9-10,13-14H2,1-3H3/t17-/m0/s1. The molecule has 0 aromatic heterocycles. The van der Waals surface area contributed by atoms with Gasteiger partial charge in [-0.05, 0) is 24.1 Å². The molecule has 0 unspecified atom stereocenters. The number of nitrogens with zero attached hydrogens (tertiary/aromatic N) is 1. The Morgan fingerprint density at radius 3 is 2.14 bits per heavy atom. The molecule has 1 saturated heterocycles. The van der Waals surface area contributed by atoms with Crippen LogP contribution in [0.5, 0.6) is 17.2 Å². The Morgan fingerprint density at radius 2 is 1.66 bits per heavy atom. The molecule has 8 heteroatoms. The van der Waals surface area contributed by atoms with Gasteiger partial charge in [0.05, 0.1) is 32.8 Å². The first-order valence-corrected chi connectivity index (χ1v) is 11.1. The second-order valence-electron chi connectivity index (χ2n) is 6.89. The Morgan fingerprint density at radius 1 is 1.03 bits per heavy atom. The summed E-state index contributed by atoms with van der Waals surface area (Å²) in [4.78, 5) is 15.1. The van der Waals surface area contributed by atoms with E-state index in [2.05, 4.69) is 0 Å². The fourth-order valence-electron chi connectivity index (χ4n) is 3.54. The van der Waals surface area contributed by atoms with Crippen molar-refractivity contribution in [1.29, 1.82) is 0 Å². The maximum atomic E-state index is 13.5. The number of hydrogen-bond acceptors (Lipinski definition) is 6. The van der Waals surface area contributed by atoms with Gasteiger partial charge in [-0.15, -0.1) is 0 Å². The Balaban J connectivity index is 2.00. The molecule has 3 rings (SSSR count). The third kappa shape index (κ3) is 4.64. The van der Waals surface area contributed by atoms with Crippen LogP contribution in [0.3, 0.4) is 0 Å². The zero-order valence-electron chi connectivity index (χ0n) is 16.8. The van der Waals surface area contributed by atoms with Gasteiger partial charge in [0, 0.05) is 18.2 Å². The lowest BCUT2D eigenvalue weighted by molar-refractivity contribution is 0.0680. The molecule has 0 aliphatic carbocycles. The molecule has 1 heterocycles. The molecule has 0 saturated carbocycles. The highest BCUT2D eigenvalue weighted by Crippen LogP contribution is 2.39. The summed E-state index contributed by atoms with van der Waals surface area (Å²) in [6.45, 7) is 0.316. The van der Waals surface area contributed by atoms with Gasteiger partial charge in [-0.1, -0.05) is 30.3 Å². The lowest BCUT2D eigenvalue weighted by atomic mass is 10.1. The molecule has 1 fully saturated rings. The van der Waals surface area contributed by atoms with Gasteiger partial charge in [0.1, 0.15) is 0 Å². The summed E-state index contributed by atoms with van der Waals surface area (Å²) < 4.78 is 40.1. The third-order valence-electron chi connectivity index (χ3n) is 5.02. The van der Waals surface area contributed by atoms with E-state index in [-0.39, 0.29) is 23.5 Å². The van der Waals surface area contributed by atoms with Crippen LogP contribution in [0.2, 0.25) is 0 Å². The van der Waals surface area contributed by atoms with Crippen LogP contribution in [-0.2, 0) is 16.4 Å². The van der Waals surface area contributed by atoms with Gasteiger partial charge in [-0.25, -0.2) is 8.42 Å². The second-order valence-corrected chi connectivity index (χ2v) is 9.12. The van der Waals surface area contributed by atoms with E-state index in [0.717, 1.165) is 5.56 Å². The molecule has 1 aliphatic heterocycles. The normalized spacial score (nSPS) is 17.6. The molecule has 29 heavy (non-hydrogen) atoms. The highest BCUT2D eigenvalue weighted by molar-refractivity contribution is 7.91. The number of benzene rings is 2. The zero-order valence-corrected chi connectivity index (χ0v) is 17.6. The third-order valence-corrected chi connectivity index (χ3v) is 6.77. The average molecular weight is 419 g/mol. The quantitative estimate of drug-likeness (QED) is 0.686. The number of amides is 1. The summed E-state index contributed by atoms with van der Waals surface area (Å²) in [5.74, 6) is 0.907. The van der Waals surface area contributed by atoms with Crippen molar-refractivity contribution in [3.8, 4) is 17.2 Å². The minimum absolute atomic E-state index is 0.0317. The van der Waals surface area contributed by atoms with Gasteiger partial charge in [0.15, 0.2) is 21.3 Å². The molecule has 2 aromatic rings. The topological polar surface area (TPSA) is 82.1 Å². The summed E-state index contributed by atoms with van der Waals surface area (Å²) in [7, 11) is 1.31. The largest absolute Gasteiger partial charge is 0.493 e. The summed E-state index contributed by atoms with van der Waals surface area (Å²) >= 11 is 0. The molecule has 0 spiro atoms. The molecule has 1 atom stereocenters. The van der Waals surface area contributed by atoms with Crippen molar-refractivity contribution in [2.75, 3.05) is 32.8 Å². The molecule has 0 radical (unpaired) electrons. The summed E-state index contributed by atoms with van der Waals surface area (Å²) in [5, 5.41) is 0. The average Bonchev–Trinajstić information content (AvgIpc) is 3.10. The van der Waals surface area contributed by atoms with E-state index in [0.29, 0.717) is 35.8 Å². The lowest BCUT2D eigenvalue weighted by Gasteiger charge is -2.29. The number of carbonyl (C=O) groups excluding carboxylic acids is 1. The van der Waals surface area contributed by atoms with Crippen LogP contribution in [-0.4, -0.2) is 58.1 Å². The molecular formula is C21H25NO6S. The molecule has 156 valence electrons. The van der Waals surface area contributed by atoms with Crippen LogP contribution in [0.4, 0.5) is 0 Å².